The molecule has 1 atom stereocenters. The zero-order chi connectivity index (χ0) is 24.7. The van der Waals surface area contributed by atoms with Crippen LogP contribution in [0, 0.1) is 18.6 Å². The maximum absolute atomic E-state index is 14.1. The molecule has 6 nitrogen and oxygen atoms in total. The van der Waals surface area contributed by atoms with Gasteiger partial charge in [0.15, 0.2) is 17.1 Å². The SMILES string of the molecule is Cc1cc(=O)c(C(=O)N2CCN(C=O)CC2)c2n1-c1ccccc1SC(c1ccc(F)c(F)c1)C2. The summed E-state index contributed by atoms with van der Waals surface area (Å²) < 4.78 is 29.7. The minimum absolute atomic E-state index is 0.0834. The Hall–Kier alpha value is -3.46. The smallest absolute Gasteiger partial charge is 0.259 e. The van der Waals surface area contributed by atoms with Gasteiger partial charge in [-0.25, -0.2) is 8.78 Å². The molecule has 2 amide bonds. The van der Waals surface area contributed by atoms with Crippen molar-refractivity contribution in [2.24, 2.45) is 0 Å². The van der Waals surface area contributed by atoms with E-state index in [0.717, 1.165) is 23.1 Å². The summed E-state index contributed by atoms with van der Waals surface area (Å²) in [6, 6.07) is 12.9. The molecule has 2 aliphatic rings. The molecule has 1 saturated heterocycles. The van der Waals surface area contributed by atoms with Gasteiger partial charge in [0.1, 0.15) is 5.56 Å². The van der Waals surface area contributed by atoms with Crippen LogP contribution in [-0.4, -0.2) is 52.9 Å². The quantitative estimate of drug-likeness (QED) is 0.520. The van der Waals surface area contributed by atoms with E-state index in [1.807, 2.05) is 35.8 Å². The predicted octanol–water partition coefficient (Wildman–Crippen LogP) is 3.73. The van der Waals surface area contributed by atoms with Crippen molar-refractivity contribution in [3.8, 4) is 5.69 Å². The van der Waals surface area contributed by atoms with Crippen molar-refractivity contribution < 1.29 is 18.4 Å². The van der Waals surface area contributed by atoms with Crippen molar-refractivity contribution in [1.82, 2.24) is 14.4 Å². The number of pyridine rings is 1. The molecule has 2 aliphatic heterocycles. The Morgan fingerprint density at radius 3 is 2.49 bits per heavy atom. The third kappa shape index (κ3) is 4.25. The monoisotopic (exact) mass is 495 g/mol. The minimum Gasteiger partial charge on any atom is -0.342 e. The van der Waals surface area contributed by atoms with Gasteiger partial charge < -0.3 is 14.4 Å². The molecule has 3 heterocycles. The number of halogens is 2. The van der Waals surface area contributed by atoms with Gasteiger partial charge in [-0.3, -0.25) is 14.4 Å². The lowest BCUT2D eigenvalue weighted by molar-refractivity contribution is -0.119. The highest BCUT2D eigenvalue weighted by Crippen LogP contribution is 2.44. The zero-order valence-corrected chi connectivity index (χ0v) is 19.9. The first kappa shape index (κ1) is 23.3. The van der Waals surface area contributed by atoms with Gasteiger partial charge in [-0.15, -0.1) is 11.8 Å². The van der Waals surface area contributed by atoms with Crippen molar-refractivity contribution >= 4 is 24.1 Å². The van der Waals surface area contributed by atoms with Crippen LogP contribution in [0.4, 0.5) is 8.78 Å². The normalized spacial score (nSPS) is 17.4. The number of piperazine rings is 1. The van der Waals surface area contributed by atoms with Crippen LogP contribution in [0.15, 0.2) is 58.2 Å². The molecule has 35 heavy (non-hydrogen) atoms. The van der Waals surface area contributed by atoms with E-state index in [-0.39, 0.29) is 28.6 Å². The molecule has 3 aromatic rings. The van der Waals surface area contributed by atoms with Crippen molar-refractivity contribution in [2.75, 3.05) is 26.2 Å². The van der Waals surface area contributed by atoms with E-state index >= 15 is 0 Å². The molecule has 5 rings (SSSR count). The maximum atomic E-state index is 14.1. The summed E-state index contributed by atoms with van der Waals surface area (Å²) in [6.07, 6.45) is 1.03. The molecule has 9 heteroatoms. The van der Waals surface area contributed by atoms with E-state index in [9.17, 15) is 23.2 Å². The molecular formula is C26H23F2N3O3S. The van der Waals surface area contributed by atoms with Crippen LogP contribution in [0.1, 0.15) is 32.6 Å². The average Bonchev–Trinajstić information content (AvgIpc) is 3.03. The highest BCUT2D eigenvalue weighted by Gasteiger charge is 2.32. The maximum Gasteiger partial charge on any atom is 0.259 e. The Morgan fingerprint density at radius 1 is 1.03 bits per heavy atom. The van der Waals surface area contributed by atoms with Crippen molar-refractivity contribution in [3.05, 3.63) is 92.9 Å². The molecule has 0 spiro atoms. The number of para-hydroxylation sites is 1. The van der Waals surface area contributed by atoms with Gasteiger partial charge in [-0.05, 0) is 36.8 Å². The Kier molecular flexibility index (Phi) is 6.19. The fourth-order valence-electron chi connectivity index (χ4n) is 4.75. The van der Waals surface area contributed by atoms with E-state index in [0.29, 0.717) is 43.1 Å². The molecule has 1 aromatic heterocycles. The molecule has 0 aliphatic carbocycles. The number of nitrogens with zero attached hydrogens (tertiary/aromatic N) is 3. The highest BCUT2D eigenvalue weighted by molar-refractivity contribution is 7.99. The Balaban J connectivity index is 1.66. The number of carbonyl (C=O) groups is 2. The Morgan fingerprint density at radius 2 is 1.77 bits per heavy atom. The minimum atomic E-state index is -0.938. The fourth-order valence-corrected chi connectivity index (χ4v) is 6.02. The number of benzene rings is 2. The second-order valence-electron chi connectivity index (χ2n) is 8.69. The number of rotatable bonds is 3. The third-order valence-electron chi connectivity index (χ3n) is 6.53. The van der Waals surface area contributed by atoms with E-state index in [1.54, 1.807) is 15.9 Å². The summed E-state index contributed by atoms with van der Waals surface area (Å²) in [6.45, 7) is 3.30. The largest absolute Gasteiger partial charge is 0.342 e. The molecule has 1 unspecified atom stereocenters. The molecule has 0 N–H and O–H groups in total. The molecule has 0 radical (unpaired) electrons. The second kappa shape index (κ2) is 9.30. The fraction of sp³-hybridized carbons (Fsp3) is 0.269. The number of thioether (sulfide) groups is 1. The molecule has 180 valence electrons. The summed E-state index contributed by atoms with van der Waals surface area (Å²) in [7, 11) is 0. The molecular weight excluding hydrogens is 472 g/mol. The average molecular weight is 496 g/mol. The van der Waals surface area contributed by atoms with E-state index in [2.05, 4.69) is 0 Å². The number of aromatic nitrogens is 1. The number of hydrogen-bond acceptors (Lipinski definition) is 4. The van der Waals surface area contributed by atoms with Gasteiger partial charge in [0.25, 0.3) is 5.91 Å². The van der Waals surface area contributed by atoms with E-state index in [1.165, 1.54) is 23.9 Å². The summed E-state index contributed by atoms with van der Waals surface area (Å²) >= 11 is 1.49. The number of amides is 2. The van der Waals surface area contributed by atoms with Gasteiger partial charge in [-0.1, -0.05) is 18.2 Å². The standard InChI is InChI=1S/C26H23F2N3O3S/c1-16-12-22(33)25(26(34)30-10-8-29(15-32)9-11-30)21-14-24(17-6-7-18(27)19(28)13-17)35-23-5-3-2-4-20(23)31(16)21/h2-7,12-13,15,24H,8-11,14H2,1H3. The lowest BCUT2D eigenvalue weighted by Gasteiger charge is -2.33. The first-order chi connectivity index (χ1) is 16.9. The van der Waals surface area contributed by atoms with Gasteiger partial charge >= 0.3 is 0 Å². The first-order valence-electron chi connectivity index (χ1n) is 11.3. The predicted molar refractivity (Wildman–Crippen MR) is 129 cm³/mol. The summed E-state index contributed by atoms with van der Waals surface area (Å²) in [5, 5.41) is -0.348. The number of aryl methyl sites for hydroxylation is 1. The number of hydrogen-bond donors (Lipinski definition) is 0. The van der Waals surface area contributed by atoms with Crippen molar-refractivity contribution in [2.45, 2.75) is 23.5 Å². The highest BCUT2D eigenvalue weighted by atomic mass is 32.2. The summed E-state index contributed by atoms with van der Waals surface area (Å²) in [5.41, 5.74) is 2.35. The van der Waals surface area contributed by atoms with Gasteiger partial charge in [0.05, 0.1) is 5.69 Å². The summed E-state index contributed by atoms with van der Waals surface area (Å²) in [5.74, 6) is -2.24. The number of fused-ring (bicyclic) bond motifs is 3. The molecule has 2 aromatic carbocycles. The van der Waals surface area contributed by atoms with Crippen LogP contribution >= 0.6 is 11.8 Å². The van der Waals surface area contributed by atoms with E-state index < -0.39 is 11.6 Å². The molecule has 1 fully saturated rings. The molecule has 0 bridgehead atoms. The van der Waals surface area contributed by atoms with Crippen molar-refractivity contribution in [3.63, 3.8) is 0 Å². The van der Waals surface area contributed by atoms with Crippen LogP contribution in [0.2, 0.25) is 0 Å². The van der Waals surface area contributed by atoms with Crippen molar-refractivity contribution in [1.29, 1.82) is 0 Å². The lowest BCUT2D eigenvalue weighted by Crippen LogP contribution is -2.49. The van der Waals surface area contributed by atoms with Crippen LogP contribution in [0.5, 0.6) is 0 Å². The van der Waals surface area contributed by atoms with Crippen LogP contribution in [-0.2, 0) is 11.2 Å². The van der Waals surface area contributed by atoms with Gasteiger partial charge in [0, 0.05) is 60.2 Å². The van der Waals surface area contributed by atoms with Crippen LogP contribution < -0.4 is 5.43 Å². The zero-order valence-electron chi connectivity index (χ0n) is 19.0. The summed E-state index contributed by atoms with van der Waals surface area (Å²) in [4.78, 5) is 42.1. The third-order valence-corrected chi connectivity index (χ3v) is 7.85. The second-order valence-corrected chi connectivity index (χ2v) is 9.94. The Bertz CT molecular complexity index is 1380. The van der Waals surface area contributed by atoms with Gasteiger partial charge in [0.2, 0.25) is 6.41 Å². The topological polar surface area (TPSA) is 62.6 Å². The lowest BCUT2D eigenvalue weighted by atomic mass is 10.0. The molecule has 0 saturated carbocycles. The van der Waals surface area contributed by atoms with Crippen LogP contribution in [0.3, 0.4) is 0 Å². The first-order valence-corrected chi connectivity index (χ1v) is 12.2. The number of carbonyl (C=O) groups excluding carboxylic acids is 2. The van der Waals surface area contributed by atoms with Gasteiger partial charge in [-0.2, -0.15) is 0 Å². The van der Waals surface area contributed by atoms with Crippen LogP contribution in [0.25, 0.3) is 5.69 Å². The Labute approximate surface area is 205 Å². The van der Waals surface area contributed by atoms with E-state index in [4.69, 9.17) is 0 Å².